The molecule has 2 aliphatic heterocycles. The molecular weight excluding hydrogens is 562 g/mol. The first-order valence-electron chi connectivity index (χ1n) is 16.2. The standard InChI is InChI=1S/C38H47N3O4/c1-5-20-41-21-17-32(38(42)39-34-12-7-29(8-13-34)27-40(4)35-18-23-43-24-19-35)26-33-25-31(11-16-37(33)41)30-9-14-36(15-10-30)45-28(3)44-22-6-2/h5,7-16,25-26,28,35H,1,6,17-24,27H2,2-4H3,(H,39,42). The van der Waals surface area contributed by atoms with Gasteiger partial charge in [0.2, 0.25) is 0 Å². The number of amides is 1. The van der Waals surface area contributed by atoms with E-state index in [1.165, 1.54) is 5.56 Å². The number of nitrogens with one attached hydrogen (secondary N) is 1. The summed E-state index contributed by atoms with van der Waals surface area (Å²) >= 11 is 0. The van der Waals surface area contributed by atoms with E-state index in [0.717, 1.165) is 85.0 Å². The minimum atomic E-state index is -0.296. The second-order valence-corrected chi connectivity index (χ2v) is 11.9. The smallest absolute Gasteiger partial charge is 0.251 e. The molecule has 1 unspecified atom stereocenters. The van der Waals surface area contributed by atoms with Crippen LogP contribution in [0.5, 0.6) is 5.75 Å². The summed E-state index contributed by atoms with van der Waals surface area (Å²) < 4.78 is 17.0. The molecule has 5 rings (SSSR count). The van der Waals surface area contributed by atoms with Crippen molar-refractivity contribution in [1.29, 1.82) is 0 Å². The molecule has 0 aliphatic carbocycles. The Bertz CT molecular complexity index is 1440. The maximum atomic E-state index is 13.5. The summed E-state index contributed by atoms with van der Waals surface area (Å²) in [5.41, 5.74) is 7.06. The molecule has 0 spiro atoms. The van der Waals surface area contributed by atoms with Crippen molar-refractivity contribution in [2.45, 2.75) is 58.4 Å². The van der Waals surface area contributed by atoms with Crippen LogP contribution in [0.1, 0.15) is 50.7 Å². The van der Waals surface area contributed by atoms with Crippen LogP contribution in [0, 0.1) is 0 Å². The largest absolute Gasteiger partial charge is 0.465 e. The second-order valence-electron chi connectivity index (χ2n) is 11.9. The predicted molar refractivity (Wildman–Crippen MR) is 184 cm³/mol. The van der Waals surface area contributed by atoms with E-state index in [1.807, 2.05) is 43.3 Å². The Morgan fingerprint density at radius 1 is 1.09 bits per heavy atom. The Kier molecular flexibility index (Phi) is 11.5. The number of ether oxygens (including phenoxy) is 3. The molecule has 2 heterocycles. The highest BCUT2D eigenvalue weighted by molar-refractivity contribution is 6.07. The van der Waals surface area contributed by atoms with Crippen molar-refractivity contribution in [3.8, 4) is 16.9 Å². The first-order chi connectivity index (χ1) is 21.9. The molecule has 7 heteroatoms. The Morgan fingerprint density at radius 2 is 1.82 bits per heavy atom. The van der Waals surface area contributed by atoms with Crippen molar-refractivity contribution in [3.05, 3.63) is 96.1 Å². The predicted octanol–water partition coefficient (Wildman–Crippen LogP) is 7.53. The van der Waals surface area contributed by atoms with Crippen LogP contribution in [-0.4, -0.2) is 63.1 Å². The molecule has 1 N–H and O–H groups in total. The highest BCUT2D eigenvalue weighted by Gasteiger charge is 2.21. The van der Waals surface area contributed by atoms with Gasteiger partial charge in [-0.15, -0.1) is 6.58 Å². The van der Waals surface area contributed by atoms with Crippen molar-refractivity contribution in [2.24, 2.45) is 0 Å². The maximum absolute atomic E-state index is 13.5. The van der Waals surface area contributed by atoms with Crippen LogP contribution in [0.15, 0.2) is 85.0 Å². The molecule has 0 bridgehead atoms. The van der Waals surface area contributed by atoms with Crippen molar-refractivity contribution in [3.63, 3.8) is 0 Å². The number of hydrogen-bond acceptors (Lipinski definition) is 6. The van der Waals surface area contributed by atoms with Crippen LogP contribution in [0.4, 0.5) is 11.4 Å². The molecule has 7 nitrogen and oxygen atoms in total. The number of carbonyl (C=O) groups excluding carboxylic acids is 1. The van der Waals surface area contributed by atoms with Crippen molar-refractivity contribution in [1.82, 2.24) is 4.90 Å². The van der Waals surface area contributed by atoms with Gasteiger partial charge in [-0.1, -0.05) is 43.3 Å². The van der Waals surface area contributed by atoms with Crippen LogP contribution in [0.3, 0.4) is 0 Å². The van der Waals surface area contributed by atoms with Gasteiger partial charge in [0.1, 0.15) is 5.75 Å². The minimum Gasteiger partial charge on any atom is -0.465 e. The summed E-state index contributed by atoms with van der Waals surface area (Å²) in [6.07, 6.45) is 7.40. The lowest BCUT2D eigenvalue weighted by atomic mass is 10.00. The third-order valence-corrected chi connectivity index (χ3v) is 8.49. The van der Waals surface area contributed by atoms with E-state index in [9.17, 15) is 4.79 Å². The molecule has 0 radical (unpaired) electrons. The lowest BCUT2D eigenvalue weighted by Crippen LogP contribution is -2.36. The Hall–Kier alpha value is -3.91. The summed E-state index contributed by atoms with van der Waals surface area (Å²) in [4.78, 5) is 18.2. The maximum Gasteiger partial charge on any atom is 0.251 e. The normalized spacial score (nSPS) is 16.0. The number of benzene rings is 3. The molecule has 45 heavy (non-hydrogen) atoms. The Morgan fingerprint density at radius 3 is 2.53 bits per heavy atom. The SMILES string of the molecule is C=CCN1CCC(C(=O)Nc2ccc(CN(C)C3CCOCC3)cc2)=Cc2cc(-c3ccc(OC(C)OCCC)cc3)ccc21. The molecule has 0 aromatic heterocycles. The fourth-order valence-corrected chi connectivity index (χ4v) is 5.98. The van der Waals surface area contributed by atoms with E-state index in [0.29, 0.717) is 25.6 Å². The van der Waals surface area contributed by atoms with Crippen LogP contribution >= 0.6 is 0 Å². The average molecular weight is 610 g/mol. The van der Waals surface area contributed by atoms with Crippen molar-refractivity contribution >= 4 is 23.4 Å². The zero-order valence-corrected chi connectivity index (χ0v) is 27.0. The molecule has 1 atom stereocenters. The summed E-state index contributed by atoms with van der Waals surface area (Å²) in [5, 5.41) is 3.14. The highest BCUT2D eigenvalue weighted by atomic mass is 16.7. The minimum absolute atomic E-state index is 0.0696. The zero-order valence-electron chi connectivity index (χ0n) is 27.0. The molecule has 3 aromatic rings. The summed E-state index contributed by atoms with van der Waals surface area (Å²) in [6.45, 7) is 12.6. The second kappa shape index (κ2) is 15.9. The van der Waals surface area contributed by atoms with Crippen LogP contribution in [-0.2, 0) is 20.8 Å². The van der Waals surface area contributed by atoms with E-state index in [-0.39, 0.29) is 12.2 Å². The van der Waals surface area contributed by atoms with Gasteiger partial charge in [0.05, 0.1) is 6.61 Å². The number of nitrogens with zero attached hydrogens (tertiary/aromatic N) is 2. The van der Waals surface area contributed by atoms with Gasteiger partial charge in [0, 0.05) is 55.8 Å². The van der Waals surface area contributed by atoms with Crippen molar-refractivity contribution in [2.75, 3.05) is 50.2 Å². The van der Waals surface area contributed by atoms with Gasteiger partial charge in [-0.3, -0.25) is 9.69 Å². The van der Waals surface area contributed by atoms with Gasteiger partial charge in [-0.05, 0) is 104 Å². The third kappa shape index (κ3) is 8.85. The third-order valence-electron chi connectivity index (χ3n) is 8.49. The highest BCUT2D eigenvalue weighted by Crippen LogP contribution is 2.33. The number of anilines is 2. The molecule has 1 saturated heterocycles. The molecule has 238 valence electrons. The van der Waals surface area contributed by atoms with Crippen molar-refractivity contribution < 1.29 is 19.0 Å². The van der Waals surface area contributed by atoms with Gasteiger partial charge in [0.25, 0.3) is 5.91 Å². The molecule has 0 saturated carbocycles. The summed E-state index contributed by atoms with van der Waals surface area (Å²) in [5.74, 6) is 0.701. The number of rotatable bonds is 13. The molecule has 1 fully saturated rings. The quantitative estimate of drug-likeness (QED) is 0.160. The lowest BCUT2D eigenvalue weighted by molar-refractivity contribution is -0.112. The first kappa shape index (κ1) is 32.5. The average Bonchev–Trinajstić information content (AvgIpc) is 3.25. The van der Waals surface area contributed by atoms with Gasteiger partial charge in [-0.25, -0.2) is 0 Å². The summed E-state index contributed by atoms with van der Waals surface area (Å²) in [6, 6.07) is 23.3. The fourth-order valence-electron chi connectivity index (χ4n) is 5.98. The first-order valence-corrected chi connectivity index (χ1v) is 16.2. The van der Waals surface area contributed by atoms with Gasteiger partial charge >= 0.3 is 0 Å². The van der Waals surface area contributed by atoms with E-state index >= 15 is 0 Å². The monoisotopic (exact) mass is 609 g/mol. The topological polar surface area (TPSA) is 63.3 Å². The molecular formula is C38H47N3O4. The number of hydrogen-bond donors (Lipinski definition) is 1. The van der Waals surface area contributed by atoms with Crippen LogP contribution < -0.4 is 15.0 Å². The Labute approximate surface area is 268 Å². The van der Waals surface area contributed by atoms with E-state index in [2.05, 4.69) is 78.1 Å². The summed E-state index contributed by atoms with van der Waals surface area (Å²) in [7, 11) is 2.18. The van der Waals surface area contributed by atoms with Crippen LogP contribution in [0.2, 0.25) is 0 Å². The lowest BCUT2D eigenvalue weighted by Gasteiger charge is -2.31. The van der Waals surface area contributed by atoms with E-state index < -0.39 is 0 Å². The van der Waals surface area contributed by atoms with Gasteiger partial charge in [0.15, 0.2) is 6.29 Å². The molecule has 3 aromatic carbocycles. The number of carbonyl (C=O) groups is 1. The Balaban J connectivity index is 1.29. The van der Waals surface area contributed by atoms with Crippen LogP contribution in [0.25, 0.3) is 17.2 Å². The zero-order chi connectivity index (χ0) is 31.6. The molecule has 1 amide bonds. The molecule has 2 aliphatic rings. The van der Waals surface area contributed by atoms with E-state index in [4.69, 9.17) is 14.2 Å². The fraction of sp³-hybridized carbons (Fsp3) is 0.395. The van der Waals surface area contributed by atoms with E-state index in [1.54, 1.807) is 0 Å². The number of fused-ring (bicyclic) bond motifs is 1. The van der Waals surface area contributed by atoms with Gasteiger partial charge < -0.3 is 24.4 Å². The van der Waals surface area contributed by atoms with Gasteiger partial charge in [-0.2, -0.15) is 0 Å².